The van der Waals surface area contributed by atoms with Gasteiger partial charge in [-0.05, 0) is 68.1 Å². The van der Waals surface area contributed by atoms with E-state index in [0.29, 0.717) is 5.02 Å². The van der Waals surface area contributed by atoms with E-state index in [0.717, 1.165) is 41.0 Å². The van der Waals surface area contributed by atoms with Crippen LogP contribution in [0.3, 0.4) is 0 Å². The molecule has 3 rings (SSSR count). The van der Waals surface area contributed by atoms with Gasteiger partial charge in [-0.2, -0.15) is 0 Å². The number of rotatable bonds is 4. The summed E-state index contributed by atoms with van der Waals surface area (Å²) < 4.78 is 0. The van der Waals surface area contributed by atoms with Crippen molar-refractivity contribution in [3.63, 3.8) is 0 Å². The van der Waals surface area contributed by atoms with Gasteiger partial charge in [0.15, 0.2) is 0 Å². The molecule has 1 saturated carbocycles. The van der Waals surface area contributed by atoms with E-state index in [2.05, 4.69) is 16.7 Å². The van der Waals surface area contributed by atoms with Gasteiger partial charge < -0.3 is 10.6 Å². The summed E-state index contributed by atoms with van der Waals surface area (Å²) in [5.41, 5.74) is 4.94. The number of carbonyl (C=O) groups excluding carboxylic acids is 1. The summed E-state index contributed by atoms with van der Waals surface area (Å²) in [5.74, 6) is 0.338. The third kappa shape index (κ3) is 3.42. The Morgan fingerprint density at radius 2 is 1.73 bits per heavy atom. The van der Waals surface area contributed by atoms with Gasteiger partial charge in [-0.25, -0.2) is 0 Å². The molecule has 1 aliphatic rings. The van der Waals surface area contributed by atoms with Crippen molar-refractivity contribution in [2.45, 2.75) is 26.7 Å². The minimum atomic E-state index is 0.123. The molecular formula is C18H19ClN2O. The first kappa shape index (κ1) is 14.9. The zero-order chi connectivity index (χ0) is 15.7. The Hall–Kier alpha value is -2.00. The molecule has 1 aliphatic carbocycles. The van der Waals surface area contributed by atoms with Crippen LogP contribution in [0.15, 0.2) is 36.4 Å². The fourth-order valence-corrected chi connectivity index (χ4v) is 2.81. The Kier molecular flexibility index (Phi) is 4.08. The molecule has 4 heteroatoms. The maximum atomic E-state index is 11.7. The zero-order valence-electron chi connectivity index (χ0n) is 12.7. The van der Waals surface area contributed by atoms with Gasteiger partial charge in [0.05, 0.1) is 10.7 Å². The van der Waals surface area contributed by atoms with E-state index in [1.165, 1.54) is 0 Å². The lowest BCUT2D eigenvalue weighted by Crippen LogP contribution is -2.13. The average Bonchev–Trinajstić information content (AvgIpc) is 3.29. The standard InChI is InChI=1S/C18H19ClN2O/c1-11-9-12(2)17(16(19)10-11)20-14-5-7-15(8-6-14)21-18(22)13-3-4-13/h5-10,13,20H,3-4H2,1-2H3,(H,21,22). The zero-order valence-corrected chi connectivity index (χ0v) is 13.5. The smallest absolute Gasteiger partial charge is 0.227 e. The predicted molar refractivity (Wildman–Crippen MR) is 92.0 cm³/mol. The lowest BCUT2D eigenvalue weighted by Gasteiger charge is -2.13. The number of hydrogen-bond donors (Lipinski definition) is 2. The van der Waals surface area contributed by atoms with Crippen molar-refractivity contribution >= 4 is 34.6 Å². The number of aryl methyl sites for hydroxylation is 2. The van der Waals surface area contributed by atoms with Gasteiger partial charge in [0.25, 0.3) is 0 Å². The van der Waals surface area contributed by atoms with Crippen molar-refractivity contribution in [2.24, 2.45) is 5.92 Å². The molecular weight excluding hydrogens is 296 g/mol. The van der Waals surface area contributed by atoms with Gasteiger partial charge in [-0.15, -0.1) is 0 Å². The second-order valence-corrected chi connectivity index (χ2v) is 6.31. The number of anilines is 3. The highest BCUT2D eigenvalue weighted by atomic mass is 35.5. The third-order valence-corrected chi connectivity index (χ3v) is 4.10. The molecule has 2 aromatic carbocycles. The van der Waals surface area contributed by atoms with Crippen LogP contribution in [0.4, 0.5) is 17.1 Å². The maximum absolute atomic E-state index is 11.7. The number of hydrogen-bond acceptors (Lipinski definition) is 2. The molecule has 1 fully saturated rings. The average molecular weight is 315 g/mol. The number of halogens is 1. The van der Waals surface area contributed by atoms with E-state index in [4.69, 9.17) is 11.6 Å². The van der Waals surface area contributed by atoms with Gasteiger partial charge in [-0.3, -0.25) is 4.79 Å². The van der Waals surface area contributed by atoms with Gasteiger partial charge in [0, 0.05) is 17.3 Å². The fourth-order valence-electron chi connectivity index (χ4n) is 2.45. The van der Waals surface area contributed by atoms with Crippen LogP contribution in [0.2, 0.25) is 5.02 Å². The molecule has 2 N–H and O–H groups in total. The van der Waals surface area contributed by atoms with Gasteiger partial charge in [-0.1, -0.05) is 17.7 Å². The number of nitrogens with one attached hydrogen (secondary N) is 2. The quantitative estimate of drug-likeness (QED) is 0.829. The Bertz CT molecular complexity index is 683. The lowest BCUT2D eigenvalue weighted by atomic mass is 10.1. The van der Waals surface area contributed by atoms with E-state index in [9.17, 15) is 4.79 Å². The largest absolute Gasteiger partial charge is 0.354 e. The predicted octanol–water partition coefficient (Wildman–Crippen LogP) is 5.05. The summed E-state index contributed by atoms with van der Waals surface area (Å²) in [6.07, 6.45) is 2.02. The summed E-state index contributed by atoms with van der Waals surface area (Å²) in [6.45, 7) is 4.06. The SMILES string of the molecule is Cc1cc(C)c(Nc2ccc(NC(=O)C3CC3)cc2)c(Cl)c1. The van der Waals surface area contributed by atoms with E-state index in [-0.39, 0.29) is 11.8 Å². The highest BCUT2D eigenvalue weighted by Gasteiger charge is 2.29. The van der Waals surface area contributed by atoms with Crippen molar-refractivity contribution in [1.29, 1.82) is 0 Å². The minimum absolute atomic E-state index is 0.123. The van der Waals surface area contributed by atoms with Crippen molar-refractivity contribution in [1.82, 2.24) is 0 Å². The molecule has 0 spiro atoms. The molecule has 2 aromatic rings. The van der Waals surface area contributed by atoms with Crippen LogP contribution >= 0.6 is 11.6 Å². The van der Waals surface area contributed by atoms with E-state index >= 15 is 0 Å². The van der Waals surface area contributed by atoms with Crippen molar-refractivity contribution in [2.75, 3.05) is 10.6 Å². The summed E-state index contributed by atoms with van der Waals surface area (Å²) in [6, 6.07) is 11.7. The van der Waals surface area contributed by atoms with Crippen molar-refractivity contribution < 1.29 is 4.79 Å². The third-order valence-electron chi connectivity index (χ3n) is 3.80. The minimum Gasteiger partial charge on any atom is -0.354 e. The van der Waals surface area contributed by atoms with Crippen LogP contribution < -0.4 is 10.6 Å². The fraction of sp³-hybridized carbons (Fsp3) is 0.278. The Morgan fingerprint density at radius 3 is 2.32 bits per heavy atom. The van der Waals surface area contributed by atoms with Gasteiger partial charge in [0.2, 0.25) is 5.91 Å². The molecule has 0 unspecified atom stereocenters. The van der Waals surface area contributed by atoms with Crippen LogP contribution in [0.25, 0.3) is 0 Å². The van der Waals surface area contributed by atoms with Crippen LogP contribution in [0.5, 0.6) is 0 Å². The van der Waals surface area contributed by atoms with Gasteiger partial charge >= 0.3 is 0 Å². The molecule has 1 amide bonds. The monoisotopic (exact) mass is 314 g/mol. The molecule has 3 nitrogen and oxygen atoms in total. The van der Waals surface area contributed by atoms with Crippen LogP contribution in [0.1, 0.15) is 24.0 Å². The maximum Gasteiger partial charge on any atom is 0.227 e. The first-order valence-corrected chi connectivity index (χ1v) is 7.85. The summed E-state index contributed by atoms with van der Waals surface area (Å²) in [4.78, 5) is 11.7. The second kappa shape index (κ2) is 6.01. The van der Waals surface area contributed by atoms with E-state index in [1.807, 2.05) is 44.2 Å². The first-order chi connectivity index (χ1) is 10.5. The Labute approximate surface area is 135 Å². The number of amides is 1. The van der Waals surface area contributed by atoms with E-state index in [1.54, 1.807) is 0 Å². The molecule has 0 atom stereocenters. The van der Waals surface area contributed by atoms with Gasteiger partial charge in [0.1, 0.15) is 0 Å². The normalized spacial score (nSPS) is 13.8. The molecule has 22 heavy (non-hydrogen) atoms. The summed E-state index contributed by atoms with van der Waals surface area (Å²) in [5, 5.41) is 6.98. The van der Waals surface area contributed by atoms with E-state index < -0.39 is 0 Å². The summed E-state index contributed by atoms with van der Waals surface area (Å²) in [7, 11) is 0. The molecule has 0 heterocycles. The first-order valence-electron chi connectivity index (χ1n) is 7.47. The van der Waals surface area contributed by atoms with Crippen molar-refractivity contribution in [3.8, 4) is 0 Å². The highest BCUT2D eigenvalue weighted by molar-refractivity contribution is 6.33. The summed E-state index contributed by atoms with van der Waals surface area (Å²) >= 11 is 6.31. The second-order valence-electron chi connectivity index (χ2n) is 5.90. The molecule has 0 aromatic heterocycles. The van der Waals surface area contributed by atoms with Crippen molar-refractivity contribution in [3.05, 3.63) is 52.5 Å². The topological polar surface area (TPSA) is 41.1 Å². The lowest BCUT2D eigenvalue weighted by molar-refractivity contribution is -0.117. The number of carbonyl (C=O) groups is 1. The molecule has 0 bridgehead atoms. The molecule has 0 aliphatic heterocycles. The molecule has 0 radical (unpaired) electrons. The van der Waals surface area contributed by atoms with Crippen LogP contribution in [0, 0.1) is 19.8 Å². The molecule has 114 valence electrons. The highest BCUT2D eigenvalue weighted by Crippen LogP contribution is 2.32. The Balaban J connectivity index is 1.72. The Morgan fingerprint density at radius 1 is 1.09 bits per heavy atom. The molecule has 0 saturated heterocycles. The van der Waals surface area contributed by atoms with Crippen LogP contribution in [-0.4, -0.2) is 5.91 Å². The van der Waals surface area contributed by atoms with Crippen LogP contribution in [-0.2, 0) is 4.79 Å². The number of benzene rings is 2.